The molecule has 0 aromatic heterocycles. The third-order valence-corrected chi connectivity index (χ3v) is 1.27. The molecule has 5 N–H and O–H groups in total. The molecule has 0 radical (unpaired) electrons. The molecule has 0 amide bonds. The molecule has 13 heavy (non-hydrogen) atoms. The van der Waals surface area contributed by atoms with Crippen molar-refractivity contribution >= 4 is 11.9 Å². The molecule has 0 aromatic rings. The standard InChI is InChI=1S/C6H13N3O4/c7-12-5(10)1-3-9-4-2-6(11)13-8/h9H,1-4,7-8H2. The van der Waals surface area contributed by atoms with Crippen LogP contribution in [0.1, 0.15) is 12.8 Å². The third-order valence-electron chi connectivity index (χ3n) is 1.27. The van der Waals surface area contributed by atoms with E-state index in [1.807, 2.05) is 0 Å². The molecule has 0 fully saturated rings. The quantitative estimate of drug-likeness (QED) is 0.334. The molecule has 0 aliphatic heterocycles. The molecule has 0 aromatic carbocycles. The van der Waals surface area contributed by atoms with Gasteiger partial charge in [-0.1, -0.05) is 0 Å². The van der Waals surface area contributed by atoms with Gasteiger partial charge in [0.15, 0.2) is 0 Å². The molecule has 0 aliphatic carbocycles. The zero-order valence-corrected chi connectivity index (χ0v) is 7.12. The minimum absolute atomic E-state index is 0.161. The summed E-state index contributed by atoms with van der Waals surface area (Å²) in [6, 6.07) is 0. The van der Waals surface area contributed by atoms with Crippen molar-refractivity contribution in [2.45, 2.75) is 12.8 Å². The first-order valence-corrected chi connectivity index (χ1v) is 3.70. The molecule has 0 unspecified atom stereocenters. The average molecular weight is 191 g/mol. The lowest BCUT2D eigenvalue weighted by molar-refractivity contribution is -0.144. The van der Waals surface area contributed by atoms with Crippen LogP contribution in [-0.2, 0) is 19.3 Å². The summed E-state index contributed by atoms with van der Waals surface area (Å²) in [7, 11) is 0. The van der Waals surface area contributed by atoms with Crippen LogP contribution >= 0.6 is 0 Å². The third kappa shape index (κ3) is 7.19. The van der Waals surface area contributed by atoms with Crippen LogP contribution in [0.4, 0.5) is 0 Å². The summed E-state index contributed by atoms with van der Waals surface area (Å²) in [6.07, 6.45) is 0.322. The summed E-state index contributed by atoms with van der Waals surface area (Å²) in [6.45, 7) is 0.793. The second kappa shape index (κ2) is 7.47. The van der Waals surface area contributed by atoms with Gasteiger partial charge >= 0.3 is 11.9 Å². The maximum Gasteiger partial charge on any atom is 0.325 e. The Balaban J connectivity index is 3.17. The van der Waals surface area contributed by atoms with E-state index in [1.54, 1.807) is 0 Å². The fourth-order valence-corrected chi connectivity index (χ4v) is 0.624. The zero-order valence-electron chi connectivity index (χ0n) is 7.12. The van der Waals surface area contributed by atoms with Gasteiger partial charge in [-0.05, 0) is 0 Å². The van der Waals surface area contributed by atoms with Crippen LogP contribution in [-0.4, -0.2) is 25.0 Å². The fourth-order valence-electron chi connectivity index (χ4n) is 0.624. The average Bonchev–Trinajstić information content (AvgIpc) is 2.16. The van der Waals surface area contributed by atoms with E-state index < -0.39 is 11.9 Å². The number of hydrogen-bond donors (Lipinski definition) is 3. The molecular formula is C6H13N3O4. The van der Waals surface area contributed by atoms with Crippen LogP contribution in [0.15, 0.2) is 0 Å². The second-order valence-electron chi connectivity index (χ2n) is 2.23. The Hall–Kier alpha value is -1.18. The normalized spacial score (nSPS) is 9.38. The summed E-state index contributed by atoms with van der Waals surface area (Å²) >= 11 is 0. The molecule has 0 saturated carbocycles. The molecule has 7 nitrogen and oxygen atoms in total. The number of hydrogen-bond acceptors (Lipinski definition) is 7. The maximum absolute atomic E-state index is 10.5. The van der Waals surface area contributed by atoms with Crippen molar-refractivity contribution < 1.29 is 19.3 Å². The highest BCUT2D eigenvalue weighted by molar-refractivity contribution is 5.69. The minimum Gasteiger partial charge on any atom is -0.373 e. The van der Waals surface area contributed by atoms with E-state index in [9.17, 15) is 9.59 Å². The molecule has 0 spiro atoms. The summed E-state index contributed by atoms with van der Waals surface area (Å²) in [4.78, 5) is 28.7. The SMILES string of the molecule is NOC(=O)CCNCCC(=O)ON. The number of carbonyl (C=O) groups is 2. The second-order valence-corrected chi connectivity index (χ2v) is 2.23. The van der Waals surface area contributed by atoms with Gasteiger partial charge in [-0.3, -0.25) is 9.59 Å². The molecule has 7 heteroatoms. The largest absolute Gasteiger partial charge is 0.373 e. The van der Waals surface area contributed by atoms with E-state index in [0.29, 0.717) is 13.1 Å². The van der Waals surface area contributed by atoms with E-state index in [-0.39, 0.29) is 12.8 Å². The molecule has 0 bridgehead atoms. The van der Waals surface area contributed by atoms with Gasteiger partial charge in [-0.15, -0.1) is 0 Å². The molecule has 0 aliphatic rings. The summed E-state index contributed by atoms with van der Waals surface area (Å²) < 4.78 is 0. The van der Waals surface area contributed by atoms with E-state index in [4.69, 9.17) is 0 Å². The predicted molar refractivity (Wildman–Crippen MR) is 42.7 cm³/mol. The van der Waals surface area contributed by atoms with Crippen LogP contribution in [0.5, 0.6) is 0 Å². The predicted octanol–water partition coefficient (Wildman–Crippen LogP) is -1.81. The molecule has 0 atom stereocenters. The summed E-state index contributed by atoms with van der Waals surface area (Å²) in [5.74, 6) is 8.17. The number of carbonyl (C=O) groups excluding carboxylic acids is 2. The van der Waals surface area contributed by atoms with Crippen LogP contribution in [0.3, 0.4) is 0 Å². The topological polar surface area (TPSA) is 117 Å². The lowest BCUT2D eigenvalue weighted by atomic mass is 10.4. The first-order valence-electron chi connectivity index (χ1n) is 3.70. The van der Waals surface area contributed by atoms with Crippen molar-refractivity contribution in [2.75, 3.05) is 13.1 Å². The molecular weight excluding hydrogens is 178 g/mol. The molecule has 76 valence electrons. The summed E-state index contributed by atoms with van der Waals surface area (Å²) in [5.41, 5.74) is 0. The highest BCUT2D eigenvalue weighted by atomic mass is 16.7. The highest BCUT2D eigenvalue weighted by Gasteiger charge is 2.01. The van der Waals surface area contributed by atoms with Gasteiger partial charge in [0.1, 0.15) is 0 Å². The molecule has 0 saturated heterocycles. The Kier molecular flexibility index (Phi) is 6.79. The Bertz CT molecular complexity index is 155. The Morgan fingerprint density at radius 3 is 1.69 bits per heavy atom. The van der Waals surface area contributed by atoms with Gasteiger partial charge < -0.3 is 15.0 Å². The van der Waals surface area contributed by atoms with E-state index in [1.165, 1.54) is 0 Å². The van der Waals surface area contributed by atoms with E-state index in [2.05, 4.69) is 26.8 Å². The van der Waals surface area contributed by atoms with Crippen molar-refractivity contribution in [1.29, 1.82) is 0 Å². The van der Waals surface area contributed by atoms with Crippen molar-refractivity contribution in [1.82, 2.24) is 5.32 Å². The number of nitrogens with two attached hydrogens (primary N) is 2. The lowest BCUT2D eigenvalue weighted by Gasteiger charge is -2.01. The smallest absolute Gasteiger partial charge is 0.325 e. The van der Waals surface area contributed by atoms with Crippen LogP contribution in [0, 0.1) is 0 Å². The van der Waals surface area contributed by atoms with Gasteiger partial charge in [0.05, 0.1) is 12.8 Å². The first-order chi connectivity index (χ1) is 6.20. The Morgan fingerprint density at radius 1 is 1.00 bits per heavy atom. The molecule has 0 rings (SSSR count). The monoisotopic (exact) mass is 191 g/mol. The van der Waals surface area contributed by atoms with Crippen LogP contribution in [0.2, 0.25) is 0 Å². The van der Waals surface area contributed by atoms with Crippen molar-refractivity contribution in [3.8, 4) is 0 Å². The minimum atomic E-state index is -0.506. The van der Waals surface area contributed by atoms with Gasteiger partial charge in [0, 0.05) is 13.1 Å². The van der Waals surface area contributed by atoms with E-state index >= 15 is 0 Å². The highest BCUT2D eigenvalue weighted by Crippen LogP contribution is 1.82. The summed E-state index contributed by atoms with van der Waals surface area (Å²) in [5, 5.41) is 2.80. The van der Waals surface area contributed by atoms with Gasteiger partial charge in [-0.2, -0.15) is 11.8 Å². The zero-order chi connectivity index (χ0) is 10.1. The molecule has 0 heterocycles. The van der Waals surface area contributed by atoms with Gasteiger partial charge in [0.2, 0.25) is 0 Å². The van der Waals surface area contributed by atoms with Gasteiger partial charge in [-0.25, -0.2) is 0 Å². The maximum atomic E-state index is 10.5. The number of nitrogens with one attached hydrogen (secondary N) is 1. The Labute approximate surface area is 75.3 Å². The van der Waals surface area contributed by atoms with Crippen LogP contribution < -0.4 is 17.1 Å². The van der Waals surface area contributed by atoms with Crippen molar-refractivity contribution in [3.05, 3.63) is 0 Å². The van der Waals surface area contributed by atoms with Crippen LogP contribution in [0.25, 0.3) is 0 Å². The number of rotatable bonds is 6. The van der Waals surface area contributed by atoms with Crippen molar-refractivity contribution in [3.63, 3.8) is 0 Å². The van der Waals surface area contributed by atoms with Gasteiger partial charge in [0.25, 0.3) is 0 Å². The first kappa shape index (κ1) is 11.8. The van der Waals surface area contributed by atoms with E-state index in [0.717, 1.165) is 0 Å². The lowest BCUT2D eigenvalue weighted by Crippen LogP contribution is -2.24. The van der Waals surface area contributed by atoms with Crippen molar-refractivity contribution in [2.24, 2.45) is 11.8 Å². The Morgan fingerprint density at radius 2 is 1.38 bits per heavy atom. The fraction of sp³-hybridized carbons (Fsp3) is 0.667.